The SMILES string of the molecule is CCOC(=O)c1cc(-c2cccs2)c2c(c1O)c1ccccc1n2C. The van der Waals surface area contributed by atoms with Crippen molar-refractivity contribution in [2.24, 2.45) is 7.05 Å². The number of nitrogens with zero attached hydrogens (tertiary/aromatic N) is 1. The molecule has 0 fully saturated rings. The average molecular weight is 351 g/mol. The Morgan fingerprint density at radius 2 is 2.04 bits per heavy atom. The van der Waals surface area contributed by atoms with Crippen molar-refractivity contribution in [3.05, 3.63) is 53.4 Å². The van der Waals surface area contributed by atoms with E-state index >= 15 is 0 Å². The first-order valence-corrected chi connectivity index (χ1v) is 8.95. The number of aryl methyl sites for hydroxylation is 1. The van der Waals surface area contributed by atoms with Gasteiger partial charge >= 0.3 is 5.97 Å². The van der Waals surface area contributed by atoms with Crippen LogP contribution < -0.4 is 0 Å². The number of para-hydroxylation sites is 1. The molecule has 0 spiro atoms. The molecule has 0 saturated heterocycles. The minimum atomic E-state index is -0.507. The predicted molar refractivity (Wildman–Crippen MR) is 101 cm³/mol. The van der Waals surface area contributed by atoms with Crippen LogP contribution in [0.5, 0.6) is 5.75 Å². The summed E-state index contributed by atoms with van der Waals surface area (Å²) in [4.78, 5) is 13.4. The molecule has 4 rings (SSSR count). The molecule has 0 radical (unpaired) electrons. The van der Waals surface area contributed by atoms with E-state index in [1.807, 2.05) is 48.8 Å². The lowest BCUT2D eigenvalue weighted by Crippen LogP contribution is -2.05. The summed E-state index contributed by atoms with van der Waals surface area (Å²) in [6.07, 6.45) is 0. The Kier molecular flexibility index (Phi) is 3.73. The quantitative estimate of drug-likeness (QED) is 0.532. The van der Waals surface area contributed by atoms with Crippen LogP contribution in [-0.2, 0) is 11.8 Å². The Bertz CT molecular complexity index is 1090. The molecule has 0 unspecified atom stereocenters. The number of hydrogen-bond donors (Lipinski definition) is 1. The second kappa shape index (κ2) is 5.93. The van der Waals surface area contributed by atoms with E-state index in [0.29, 0.717) is 5.39 Å². The van der Waals surface area contributed by atoms with Gasteiger partial charge in [-0.25, -0.2) is 4.79 Å². The van der Waals surface area contributed by atoms with Crippen molar-refractivity contribution in [2.75, 3.05) is 6.61 Å². The summed E-state index contributed by atoms with van der Waals surface area (Å²) in [7, 11) is 1.98. The molecule has 4 aromatic rings. The number of aromatic hydroxyl groups is 1. The number of rotatable bonds is 3. The molecule has 1 N–H and O–H groups in total. The van der Waals surface area contributed by atoms with Gasteiger partial charge < -0.3 is 14.4 Å². The number of hydrogen-bond acceptors (Lipinski definition) is 4. The summed E-state index contributed by atoms with van der Waals surface area (Å²) >= 11 is 1.60. The van der Waals surface area contributed by atoms with Gasteiger partial charge in [0.15, 0.2) is 0 Å². The number of carbonyl (C=O) groups excluding carboxylic acids is 1. The molecule has 2 aromatic heterocycles. The summed E-state index contributed by atoms with van der Waals surface area (Å²) in [5.41, 5.74) is 3.04. The highest BCUT2D eigenvalue weighted by Crippen LogP contribution is 2.43. The smallest absolute Gasteiger partial charge is 0.341 e. The Morgan fingerprint density at radius 1 is 1.24 bits per heavy atom. The number of fused-ring (bicyclic) bond motifs is 3. The molecular formula is C20H17NO3S. The Labute approximate surface area is 148 Å². The van der Waals surface area contributed by atoms with Crippen LogP contribution in [0, 0.1) is 0 Å². The standard InChI is InChI=1S/C20H17NO3S/c1-3-24-20(23)14-11-13(16-9-6-10-25-16)18-17(19(14)22)12-7-4-5-8-15(12)21(18)2/h4-11,22H,3H2,1-2H3. The van der Waals surface area contributed by atoms with Crippen molar-refractivity contribution >= 4 is 39.1 Å². The van der Waals surface area contributed by atoms with Crippen molar-refractivity contribution in [3.8, 4) is 16.2 Å². The van der Waals surface area contributed by atoms with Gasteiger partial charge in [0.2, 0.25) is 0 Å². The molecule has 2 heterocycles. The van der Waals surface area contributed by atoms with Gasteiger partial charge in [0.1, 0.15) is 11.3 Å². The zero-order valence-electron chi connectivity index (χ0n) is 13.9. The lowest BCUT2D eigenvalue weighted by Gasteiger charge is -2.11. The lowest BCUT2D eigenvalue weighted by molar-refractivity contribution is 0.0523. The second-order valence-electron chi connectivity index (χ2n) is 5.82. The van der Waals surface area contributed by atoms with Gasteiger partial charge in [-0.05, 0) is 30.5 Å². The third kappa shape index (κ3) is 2.31. The monoisotopic (exact) mass is 351 g/mol. The van der Waals surface area contributed by atoms with Crippen LogP contribution in [0.25, 0.3) is 32.2 Å². The number of ether oxygens (including phenoxy) is 1. The lowest BCUT2D eigenvalue weighted by atomic mass is 10.0. The third-order valence-corrected chi connectivity index (χ3v) is 5.33. The first-order chi connectivity index (χ1) is 12.1. The highest BCUT2D eigenvalue weighted by atomic mass is 32.1. The number of carbonyl (C=O) groups is 1. The van der Waals surface area contributed by atoms with Crippen molar-refractivity contribution in [1.82, 2.24) is 4.57 Å². The summed E-state index contributed by atoms with van der Waals surface area (Å²) in [5, 5.41) is 14.5. The van der Waals surface area contributed by atoms with E-state index in [1.165, 1.54) is 0 Å². The molecule has 0 aliphatic carbocycles. The fourth-order valence-electron chi connectivity index (χ4n) is 3.35. The van der Waals surface area contributed by atoms with Crippen LogP contribution in [0.3, 0.4) is 0 Å². The van der Waals surface area contributed by atoms with E-state index in [0.717, 1.165) is 26.9 Å². The molecule has 0 amide bonds. The fourth-order valence-corrected chi connectivity index (χ4v) is 4.09. The van der Waals surface area contributed by atoms with Crippen LogP contribution in [0.4, 0.5) is 0 Å². The number of aromatic nitrogens is 1. The molecule has 4 nitrogen and oxygen atoms in total. The molecule has 5 heteroatoms. The largest absolute Gasteiger partial charge is 0.506 e. The maximum atomic E-state index is 12.4. The zero-order valence-corrected chi connectivity index (χ0v) is 14.8. The second-order valence-corrected chi connectivity index (χ2v) is 6.77. The van der Waals surface area contributed by atoms with E-state index in [2.05, 4.69) is 4.57 Å². The first kappa shape index (κ1) is 15.7. The number of thiophene rings is 1. The van der Waals surface area contributed by atoms with E-state index in [4.69, 9.17) is 4.74 Å². The molecule has 0 aliphatic rings. The van der Waals surface area contributed by atoms with Crippen LogP contribution >= 0.6 is 11.3 Å². The Morgan fingerprint density at radius 3 is 2.76 bits per heavy atom. The summed E-state index contributed by atoms with van der Waals surface area (Å²) in [6, 6.07) is 13.6. The highest BCUT2D eigenvalue weighted by Gasteiger charge is 2.23. The van der Waals surface area contributed by atoms with Crippen molar-refractivity contribution in [2.45, 2.75) is 6.92 Å². The molecular weight excluding hydrogens is 334 g/mol. The molecule has 2 aromatic carbocycles. The van der Waals surface area contributed by atoms with Crippen LogP contribution in [0.15, 0.2) is 47.8 Å². The van der Waals surface area contributed by atoms with Crippen LogP contribution in [-0.4, -0.2) is 22.2 Å². The van der Waals surface area contributed by atoms with Crippen molar-refractivity contribution in [1.29, 1.82) is 0 Å². The Hall–Kier alpha value is -2.79. The van der Waals surface area contributed by atoms with Crippen LogP contribution in [0.2, 0.25) is 0 Å². The summed E-state index contributed by atoms with van der Waals surface area (Å²) < 4.78 is 7.21. The fraction of sp³-hybridized carbons (Fsp3) is 0.150. The maximum Gasteiger partial charge on any atom is 0.341 e. The van der Waals surface area contributed by atoms with E-state index in [-0.39, 0.29) is 17.9 Å². The molecule has 0 saturated carbocycles. The maximum absolute atomic E-state index is 12.4. The van der Waals surface area contributed by atoms with Gasteiger partial charge in [-0.15, -0.1) is 11.3 Å². The molecule has 25 heavy (non-hydrogen) atoms. The Balaban J connectivity index is 2.19. The first-order valence-electron chi connectivity index (χ1n) is 8.07. The van der Waals surface area contributed by atoms with Gasteiger partial charge in [0.05, 0.1) is 17.5 Å². The van der Waals surface area contributed by atoms with Gasteiger partial charge in [0.25, 0.3) is 0 Å². The number of benzene rings is 2. The minimum absolute atomic E-state index is 0.0226. The van der Waals surface area contributed by atoms with E-state index in [1.54, 1.807) is 24.3 Å². The molecule has 0 aliphatic heterocycles. The van der Waals surface area contributed by atoms with E-state index in [9.17, 15) is 9.90 Å². The average Bonchev–Trinajstić information content (AvgIpc) is 3.24. The topological polar surface area (TPSA) is 51.5 Å². The summed E-state index contributed by atoms with van der Waals surface area (Å²) in [6.45, 7) is 2.02. The van der Waals surface area contributed by atoms with Crippen molar-refractivity contribution < 1.29 is 14.6 Å². The summed E-state index contributed by atoms with van der Waals surface area (Å²) in [5.74, 6) is -0.529. The van der Waals surface area contributed by atoms with Crippen molar-refractivity contribution in [3.63, 3.8) is 0 Å². The van der Waals surface area contributed by atoms with Gasteiger partial charge in [-0.1, -0.05) is 24.3 Å². The van der Waals surface area contributed by atoms with Gasteiger partial charge in [-0.3, -0.25) is 0 Å². The van der Waals surface area contributed by atoms with E-state index < -0.39 is 5.97 Å². The number of phenolic OH excluding ortho intramolecular Hbond substituents is 1. The van der Waals surface area contributed by atoms with Gasteiger partial charge in [0, 0.05) is 28.4 Å². The molecule has 0 atom stereocenters. The molecule has 126 valence electrons. The highest BCUT2D eigenvalue weighted by molar-refractivity contribution is 7.13. The molecule has 0 bridgehead atoms. The predicted octanol–water partition coefficient (Wildman–Crippen LogP) is 4.94. The normalized spacial score (nSPS) is 11.3. The minimum Gasteiger partial charge on any atom is -0.506 e. The zero-order chi connectivity index (χ0) is 17.6. The third-order valence-electron chi connectivity index (χ3n) is 4.42. The number of phenols is 1. The van der Waals surface area contributed by atoms with Crippen LogP contribution in [0.1, 0.15) is 17.3 Å². The number of esters is 1. The van der Waals surface area contributed by atoms with Gasteiger partial charge in [-0.2, -0.15) is 0 Å².